The molecule has 0 N–H and O–H groups in total. The van der Waals surface area contributed by atoms with E-state index in [1.54, 1.807) is 11.3 Å². The van der Waals surface area contributed by atoms with Crippen LogP contribution in [0, 0.1) is 0 Å². The number of hydrogen-bond acceptors (Lipinski definition) is 5. The second-order valence-electron chi connectivity index (χ2n) is 5.82. The van der Waals surface area contributed by atoms with Crippen LogP contribution in [0.1, 0.15) is 20.8 Å². The number of likely N-dealkylation sites (N-methyl/N-ethyl adjacent to an activating group) is 1. The van der Waals surface area contributed by atoms with Crippen molar-refractivity contribution < 1.29 is 4.79 Å². The van der Waals surface area contributed by atoms with E-state index in [4.69, 9.17) is 0 Å². The van der Waals surface area contributed by atoms with Crippen LogP contribution in [0.4, 0.5) is 5.13 Å². The number of piperazine rings is 1. The molecular formula is C16H26N4OS. The van der Waals surface area contributed by atoms with E-state index in [-0.39, 0.29) is 11.9 Å². The van der Waals surface area contributed by atoms with Gasteiger partial charge in [0.2, 0.25) is 5.91 Å². The zero-order valence-corrected chi connectivity index (χ0v) is 14.6. The van der Waals surface area contributed by atoms with E-state index in [1.165, 1.54) is 0 Å². The average molecular weight is 322 g/mol. The van der Waals surface area contributed by atoms with Gasteiger partial charge in [-0.15, -0.1) is 11.3 Å². The number of aromatic nitrogens is 1. The molecule has 0 aromatic carbocycles. The van der Waals surface area contributed by atoms with Crippen molar-refractivity contribution >= 4 is 22.4 Å². The molecule has 122 valence electrons. The predicted octanol–water partition coefficient (Wildman–Crippen LogP) is 2.08. The maximum atomic E-state index is 12.6. The van der Waals surface area contributed by atoms with Gasteiger partial charge in [-0.25, -0.2) is 4.98 Å². The molecule has 0 bridgehead atoms. The minimum absolute atomic E-state index is 0.0715. The summed E-state index contributed by atoms with van der Waals surface area (Å²) in [7, 11) is 0. The fourth-order valence-electron chi connectivity index (χ4n) is 2.76. The fraction of sp³-hybridized carbons (Fsp3) is 0.625. The molecule has 1 aliphatic heterocycles. The predicted molar refractivity (Wildman–Crippen MR) is 92.4 cm³/mol. The summed E-state index contributed by atoms with van der Waals surface area (Å²) < 4.78 is 0. The Balaban J connectivity index is 1.89. The number of carbonyl (C=O) groups excluding carboxylic acids is 1. The molecule has 1 unspecified atom stereocenters. The minimum atomic E-state index is -0.0715. The van der Waals surface area contributed by atoms with Crippen LogP contribution in [-0.2, 0) is 4.79 Å². The van der Waals surface area contributed by atoms with Crippen molar-refractivity contribution in [2.24, 2.45) is 0 Å². The highest BCUT2D eigenvalue weighted by molar-refractivity contribution is 7.13. The monoisotopic (exact) mass is 322 g/mol. The molecule has 0 aliphatic carbocycles. The number of nitrogens with zero attached hydrogens (tertiary/aromatic N) is 4. The summed E-state index contributed by atoms with van der Waals surface area (Å²) in [5.74, 6) is 0.202. The standard InChI is InChI=1S/C16H26N4OS/c1-5-18(12-13(2)3)15(21)14(4)19-7-9-20(10-8-19)16-17-6-11-22-16/h6,11,14H,2,5,7-10,12H2,1,3-4H3. The molecule has 2 heterocycles. The molecular weight excluding hydrogens is 296 g/mol. The second-order valence-corrected chi connectivity index (χ2v) is 6.70. The van der Waals surface area contributed by atoms with E-state index in [0.29, 0.717) is 6.54 Å². The van der Waals surface area contributed by atoms with E-state index in [1.807, 2.05) is 37.2 Å². The zero-order chi connectivity index (χ0) is 16.1. The lowest BCUT2D eigenvalue weighted by molar-refractivity contribution is -0.136. The molecule has 2 rings (SSSR count). The van der Waals surface area contributed by atoms with Gasteiger partial charge in [-0.3, -0.25) is 9.69 Å². The van der Waals surface area contributed by atoms with Crippen LogP contribution in [-0.4, -0.2) is 66.0 Å². The molecule has 1 saturated heterocycles. The largest absolute Gasteiger partial charge is 0.346 e. The molecule has 1 aromatic heterocycles. The van der Waals surface area contributed by atoms with Crippen molar-refractivity contribution in [3.8, 4) is 0 Å². The van der Waals surface area contributed by atoms with Gasteiger partial charge in [0.05, 0.1) is 6.04 Å². The third-order valence-corrected chi connectivity index (χ3v) is 4.90. The van der Waals surface area contributed by atoms with Gasteiger partial charge in [-0.05, 0) is 20.8 Å². The molecule has 6 heteroatoms. The first kappa shape index (κ1) is 17.0. The lowest BCUT2D eigenvalue weighted by Crippen LogP contribution is -2.54. The lowest BCUT2D eigenvalue weighted by atomic mass is 10.2. The minimum Gasteiger partial charge on any atom is -0.346 e. The Bertz CT molecular complexity index is 494. The van der Waals surface area contributed by atoms with Gasteiger partial charge >= 0.3 is 0 Å². The summed E-state index contributed by atoms with van der Waals surface area (Å²) in [4.78, 5) is 23.5. The van der Waals surface area contributed by atoms with Gasteiger partial charge in [0.15, 0.2) is 5.13 Å². The van der Waals surface area contributed by atoms with E-state index >= 15 is 0 Å². The van der Waals surface area contributed by atoms with E-state index in [2.05, 4.69) is 21.4 Å². The molecule has 0 spiro atoms. The normalized spacial score (nSPS) is 17.3. The van der Waals surface area contributed by atoms with Gasteiger partial charge in [-0.1, -0.05) is 12.2 Å². The van der Waals surface area contributed by atoms with Crippen molar-refractivity contribution in [3.05, 3.63) is 23.7 Å². The number of rotatable bonds is 6. The smallest absolute Gasteiger partial charge is 0.239 e. The number of amides is 1. The molecule has 1 amide bonds. The van der Waals surface area contributed by atoms with E-state index < -0.39 is 0 Å². The van der Waals surface area contributed by atoms with E-state index in [9.17, 15) is 4.79 Å². The van der Waals surface area contributed by atoms with Gasteiger partial charge in [0.25, 0.3) is 0 Å². The summed E-state index contributed by atoms with van der Waals surface area (Å²) >= 11 is 1.67. The molecule has 5 nitrogen and oxygen atoms in total. The first-order valence-electron chi connectivity index (χ1n) is 7.84. The van der Waals surface area contributed by atoms with Gasteiger partial charge < -0.3 is 9.80 Å². The molecule has 1 atom stereocenters. The Morgan fingerprint density at radius 3 is 2.64 bits per heavy atom. The van der Waals surface area contributed by atoms with Crippen LogP contribution in [0.5, 0.6) is 0 Å². The molecule has 0 saturated carbocycles. The maximum absolute atomic E-state index is 12.6. The number of thiazole rings is 1. The van der Waals surface area contributed by atoms with E-state index in [0.717, 1.165) is 43.4 Å². The van der Waals surface area contributed by atoms with Crippen molar-refractivity contribution in [2.75, 3.05) is 44.2 Å². The number of carbonyl (C=O) groups is 1. The Morgan fingerprint density at radius 1 is 1.45 bits per heavy atom. The van der Waals surface area contributed by atoms with Crippen LogP contribution in [0.3, 0.4) is 0 Å². The summed E-state index contributed by atoms with van der Waals surface area (Å²) in [6.45, 7) is 15.0. The third kappa shape index (κ3) is 4.08. The Kier molecular flexibility index (Phi) is 5.97. The van der Waals surface area contributed by atoms with Gasteiger partial charge in [-0.2, -0.15) is 0 Å². The summed E-state index contributed by atoms with van der Waals surface area (Å²) in [6, 6.07) is -0.0715. The first-order chi connectivity index (χ1) is 10.5. The fourth-order valence-corrected chi connectivity index (χ4v) is 3.46. The third-order valence-electron chi connectivity index (χ3n) is 4.06. The van der Waals surface area contributed by atoms with Crippen LogP contribution >= 0.6 is 11.3 Å². The quantitative estimate of drug-likeness (QED) is 0.752. The summed E-state index contributed by atoms with van der Waals surface area (Å²) in [5, 5.41) is 3.08. The number of anilines is 1. The maximum Gasteiger partial charge on any atom is 0.239 e. The second kappa shape index (κ2) is 7.74. The van der Waals surface area contributed by atoms with Crippen LogP contribution in [0.2, 0.25) is 0 Å². The van der Waals surface area contributed by atoms with Crippen molar-refractivity contribution in [3.63, 3.8) is 0 Å². The highest BCUT2D eigenvalue weighted by Crippen LogP contribution is 2.20. The van der Waals surface area contributed by atoms with Gasteiger partial charge in [0.1, 0.15) is 0 Å². The highest BCUT2D eigenvalue weighted by atomic mass is 32.1. The van der Waals surface area contributed by atoms with Crippen molar-refractivity contribution in [1.29, 1.82) is 0 Å². The van der Waals surface area contributed by atoms with Crippen LogP contribution in [0.25, 0.3) is 0 Å². The Morgan fingerprint density at radius 2 is 2.14 bits per heavy atom. The highest BCUT2D eigenvalue weighted by Gasteiger charge is 2.28. The zero-order valence-electron chi connectivity index (χ0n) is 13.8. The molecule has 1 fully saturated rings. The first-order valence-corrected chi connectivity index (χ1v) is 8.72. The molecule has 1 aliphatic rings. The molecule has 1 aromatic rings. The molecule has 0 radical (unpaired) electrons. The number of hydrogen-bond donors (Lipinski definition) is 0. The summed E-state index contributed by atoms with van der Waals surface area (Å²) in [5.41, 5.74) is 1.02. The van der Waals surface area contributed by atoms with Crippen molar-refractivity contribution in [2.45, 2.75) is 26.8 Å². The lowest BCUT2D eigenvalue weighted by Gasteiger charge is -2.38. The van der Waals surface area contributed by atoms with Crippen LogP contribution in [0.15, 0.2) is 23.7 Å². The average Bonchev–Trinajstić information content (AvgIpc) is 3.05. The topological polar surface area (TPSA) is 39.7 Å². The molecule has 22 heavy (non-hydrogen) atoms. The Labute approximate surface area is 137 Å². The van der Waals surface area contributed by atoms with Crippen molar-refractivity contribution in [1.82, 2.24) is 14.8 Å². The SMILES string of the molecule is C=C(C)CN(CC)C(=O)C(C)N1CCN(c2nccs2)CC1. The van der Waals surface area contributed by atoms with Gasteiger partial charge in [0, 0.05) is 50.8 Å². The Hall–Kier alpha value is -1.40. The van der Waals surface area contributed by atoms with Crippen LogP contribution < -0.4 is 4.90 Å². The summed E-state index contributed by atoms with van der Waals surface area (Å²) in [6.07, 6.45) is 1.84.